The zero-order valence-electron chi connectivity index (χ0n) is 19.5. The lowest BCUT2D eigenvalue weighted by atomic mass is 9.99. The van der Waals surface area contributed by atoms with E-state index in [1.807, 2.05) is 0 Å². The van der Waals surface area contributed by atoms with Crippen molar-refractivity contribution in [1.82, 2.24) is 4.90 Å². The highest BCUT2D eigenvalue weighted by Gasteiger charge is 2.49. The number of phenols is 1. The lowest BCUT2D eigenvalue weighted by molar-refractivity contribution is -0.129. The van der Waals surface area contributed by atoms with Crippen molar-refractivity contribution in [3.8, 4) is 11.5 Å². The van der Waals surface area contributed by atoms with Crippen molar-refractivity contribution in [2.45, 2.75) is 25.3 Å². The first-order valence-corrected chi connectivity index (χ1v) is 12.4. The smallest absolute Gasteiger partial charge is 0.270 e. The third kappa shape index (κ3) is 4.95. The van der Waals surface area contributed by atoms with Crippen LogP contribution in [-0.2, 0) is 21.4 Å². The number of nitrogens with zero attached hydrogens (tertiary/aromatic N) is 2. The largest absolute Gasteiger partial charge is 0.508 e. The van der Waals surface area contributed by atoms with Gasteiger partial charge >= 0.3 is 0 Å². The summed E-state index contributed by atoms with van der Waals surface area (Å²) in [7, 11) is -3.08. The summed E-state index contributed by atoms with van der Waals surface area (Å²) >= 11 is 0. The Labute approximate surface area is 200 Å². The molecule has 34 heavy (non-hydrogen) atoms. The molecule has 0 fully saturated rings. The minimum Gasteiger partial charge on any atom is -0.508 e. The molecule has 2 aromatic carbocycles. The predicted molar refractivity (Wildman–Crippen MR) is 131 cm³/mol. The lowest BCUT2D eigenvalue weighted by Crippen LogP contribution is -2.54. The molecule has 0 aliphatic heterocycles. The second-order valence-electron chi connectivity index (χ2n) is 8.05. The van der Waals surface area contributed by atoms with Crippen LogP contribution in [0.5, 0.6) is 11.5 Å². The number of anilines is 1. The highest BCUT2D eigenvalue weighted by atomic mass is 32.2. The Hall–Kier alpha value is -3.30. The number of likely N-dealkylation sites (N-methyl/N-ethyl adjacent to an activating group) is 1. The molecule has 9 heteroatoms. The Balaban J connectivity index is 2.01. The average Bonchev–Trinajstić information content (AvgIpc) is 2.82. The van der Waals surface area contributed by atoms with Crippen LogP contribution >= 0.6 is 0 Å². The summed E-state index contributed by atoms with van der Waals surface area (Å²) in [6, 6.07) is 13.0. The highest BCUT2D eigenvalue weighted by molar-refractivity contribution is 7.94. The fourth-order valence-corrected chi connectivity index (χ4v) is 5.66. The maximum atomic E-state index is 13.9. The normalized spacial score (nSPS) is 19.6. The van der Waals surface area contributed by atoms with E-state index in [4.69, 9.17) is 4.74 Å². The van der Waals surface area contributed by atoms with Crippen LogP contribution in [0, 0.1) is 5.92 Å². The number of carbonyl (C=O) groups excluding carboxylic acids is 1. The molecule has 0 radical (unpaired) electrons. The van der Waals surface area contributed by atoms with Gasteiger partial charge in [0.05, 0.1) is 12.8 Å². The molecule has 2 N–H and O–H groups in total. The van der Waals surface area contributed by atoms with Gasteiger partial charge in [0.1, 0.15) is 18.0 Å². The van der Waals surface area contributed by atoms with Gasteiger partial charge in [0.15, 0.2) is 0 Å². The lowest BCUT2D eigenvalue weighted by Gasteiger charge is -2.37. The first kappa shape index (κ1) is 25.3. The van der Waals surface area contributed by atoms with Crippen molar-refractivity contribution in [3.05, 3.63) is 78.4 Å². The molecular formula is C25H30N2O6S. The minimum atomic E-state index is -4.49. The number of methoxy groups -OCH3 is 1. The van der Waals surface area contributed by atoms with Crippen molar-refractivity contribution < 1.29 is 28.2 Å². The molecule has 1 aliphatic carbocycles. The first-order chi connectivity index (χ1) is 16.1. The molecule has 2 aromatic rings. The van der Waals surface area contributed by atoms with E-state index in [0.717, 1.165) is 4.31 Å². The van der Waals surface area contributed by atoms with E-state index in [1.54, 1.807) is 62.4 Å². The van der Waals surface area contributed by atoms with E-state index in [1.165, 1.54) is 36.3 Å². The molecule has 0 saturated heterocycles. The quantitative estimate of drug-likeness (QED) is 0.564. The molecule has 0 spiro atoms. The second kappa shape index (κ2) is 10.3. The van der Waals surface area contributed by atoms with Gasteiger partial charge in [-0.25, -0.2) is 8.42 Å². The Morgan fingerprint density at radius 2 is 1.88 bits per heavy atom. The van der Waals surface area contributed by atoms with Crippen LogP contribution in [0.15, 0.2) is 72.8 Å². The number of aliphatic hydroxyl groups is 1. The van der Waals surface area contributed by atoms with Crippen LogP contribution in [0.4, 0.5) is 5.69 Å². The van der Waals surface area contributed by atoms with Crippen molar-refractivity contribution in [3.63, 3.8) is 0 Å². The number of hydrogen-bond acceptors (Lipinski definition) is 6. The monoisotopic (exact) mass is 486 g/mol. The van der Waals surface area contributed by atoms with E-state index in [9.17, 15) is 23.4 Å². The van der Waals surface area contributed by atoms with E-state index in [0.29, 0.717) is 12.1 Å². The van der Waals surface area contributed by atoms with Gasteiger partial charge in [0.2, 0.25) is 10.8 Å². The second-order valence-corrected chi connectivity index (χ2v) is 10.1. The van der Waals surface area contributed by atoms with Crippen LogP contribution in [0.25, 0.3) is 0 Å². The van der Waals surface area contributed by atoms with E-state index < -0.39 is 33.3 Å². The first-order valence-electron chi connectivity index (χ1n) is 10.9. The maximum absolute atomic E-state index is 13.9. The van der Waals surface area contributed by atoms with Gasteiger partial charge in [-0.2, -0.15) is 0 Å². The molecule has 1 aliphatic rings. The number of phenolic OH excluding ortho intramolecular Hbond substituents is 1. The number of benzene rings is 2. The molecule has 3 rings (SSSR count). The van der Waals surface area contributed by atoms with Gasteiger partial charge in [0, 0.05) is 19.0 Å². The van der Waals surface area contributed by atoms with Gasteiger partial charge in [-0.05, 0) is 42.8 Å². The Kier molecular flexibility index (Phi) is 7.68. The van der Waals surface area contributed by atoms with Crippen molar-refractivity contribution in [1.29, 1.82) is 0 Å². The van der Waals surface area contributed by atoms with Gasteiger partial charge in [-0.1, -0.05) is 49.4 Å². The summed E-state index contributed by atoms with van der Waals surface area (Å²) in [4.78, 5) is 12.6. The Morgan fingerprint density at radius 1 is 1.15 bits per heavy atom. The number of rotatable bonds is 9. The van der Waals surface area contributed by atoms with Crippen LogP contribution in [0.3, 0.4) is 0 Å². The molecule has 0 aromatic heterocycles. The number of allylic oxidation sites excluding steroid dienone is 2. The fraction of sp³-hybridized carbons (Fsp3) is 0.320. The molecular weight excluding hydrogens is 456 g/mol. The molecule has 2 atom stereocenters. The molecule has 182 valence electrons. The van der Waals surface area contributed by atoms with Crippen LogP contribution in [0.1, 0.15) is 19.4 Å². The average molecular weight is 487 g/mol. The number of para-hydroxylation sites is 2. The topological polar surface area (TPSA) is 107 Å². The number of carbonyl (C=O) groups is 1. The van der Waals surface area contributed by atoms with Crippen molar-refractivity contribution >= 4 is 21.6 Å². The predicted octanol–water partition coefficient (Wildman–Crippen LogP) is 3.04. The maximum Gasteiger partial charge on any atom is 0.270 e. The third-order valence-electron chi connectivity index (χ3n) is 5.85. The highest BCUT2D eigenvalue weighted by Crippen LogP contribution is 2.38. The summed E-state index contributed by atoms with van der Waals surface area (Å²) in [5, 5.41) is 21.0. The van der Waals surface area contributed by atoms with Crippen molar-refractivity contribution in [2.75, 3.05) is 24.5 Å². The van der Waals surface area contributed by atoms with Crippen LogP contribution < -0.4 is 9.04 Å². The summed E-state index contributed by atoms with van der Waals surface area (Å²) in [5.41, 5.74) is 0.852. The molecule has 1 amide bonds. The fourth-order valence-electron chi connectivity index (χ4n) is 3.82. The minimum absolute atomic E-state index is 0.0765. The van der Waals surface area contributed by atoms with Crippen LogP contribution in [0.2, 0.25) is 0 Å². The van der Waals surface area contributed by atoms with Crippen LogP contribution in [-0.4, -0.2) is 54.6 Å². The number of aromatic hydroxyl groups is 1. The van der Waals surface area contributed by atoms with E-state index >= 15 is 0 Å². The van der Waals surface area contributed by atoms with Gasteiger partial charge in [0.25, 0.3) is 10.0 Å². The zero-order chi connectivity index (χ0) is 24.9. The molecule has 0 bridgehead atoms. The standard InChI is InChI=1S/C25H30N2O6S/c1-4-26(17-20-11-9-12-21(28)16-20)24(29)18-27(22-13-5-6-14-23(22)33-3)34(31,32)25(30)15-8-7-10-19(25)2/h5-16,19,28,30H,4,17-18H2,1-3H3. The molecule has 8 nitrogen and oxygen atoms in total. The zero-order valence-corrected chi connectivity index (χ0v) is 20.3. The number of sulfonamides is 1. The van der Waals surface area contributed by atoms with Crippen molar-refractivity contribution in [2.24, 2.45) is 5.92 Å². The van der Waals surface area contributed by atoms with E-state index in [-0.39, 0.29) is 23.7 Å². The van der Waals surface area contributed by atoms with Gasteiger partial charge in [-0.3, -0.25) is 9.10 Å². The summed E-state index contributed by atoms with van der Waals surface area (Å²) in [6.45, 7) is 3.35. The molecule has 0 heterocycles. The number of amides is 1. The van der Waals surface area contributed by atoms with Gasteiger partial charge in [-0.15, -0.1) is 0 Å². The van der Waals surface area contributed by atoms with Gasteiger partial charge < -0.3 is 19.8 Å². The molecule has 2 unspecified atom stereocenters. The molecule has 0 saturated carbocycles. The number of ether oxygens (including phenoxy) is 1. The van der Waals surface area contributed by atoms with E-state index in [2.05, 4.69) is 0 Å². The Bertz CT molecular complexity index is 1190. The summed E-state index contributed by atoms with van der Waals surface area (Å²) < 4.78 is 34.0. The summed E-state index contributed by atoms with van der Waals surface area (Å²) in [6.07, 6.45) is 5.96. The SMILES string of the molecule is CCN(Cc1cccc(O)c1)C(=O)CN(c1ccccc1OC)S(=O)(=O)C1(O)C=CC=CC1C. The Morgan fingerprint density at radius 3 is 2.53 bits per heavy atom. The number of hydrogen-bond donors (Lipinski definition) is 2. The summed E-state index contributed by atoms with van der Waals surface area (Å²) in [5.74, 6) is -0.884. The third-order valence-corrected chi connectivity index (χ3v) is 8.09.